The monoisotopic (exact) mass is 234 g/mol. The largest absolute Gasteiger partial charge is 0.476 e. The van der Waals surface area contributed by atoms with Gasteiger partial charge in [0.1, 0.15) is 5.75 Å². The fourth-order valence-corrected chi connectivity index (χ4v) is 1.85. The average molecular weight is 234 g/mol. The fraction of sp³-hybridized carbons (Fsp3) is 0.462. The SMILES string of the molecule is CC(N)Cc1ccc2c(c1)OC(C)(C)C(=O)N2. The molecule has 92 valence electrons. The maximum atomic E-state index is 11.7. The van der Waals surface area contributed by atoms with Crippen LogP contribution in [0, 0.1) is 0 Å². The van der Waals surface area contributed by atoms with E-state index in [4.69, 9.17) is 10.5 Å². The van der Waals surface area contributed by atoms with Gasteiger partial charge in [-0.3, -0.25) is 4.79 Å². The first-order valence-electron chi connectivity index (χ1n) is 5.77. The topological polar surface area (TPSA) is 64.3 Å². The smallest absolute Gasteiger partial charge is 0.268 e. The Balaban J connectivity index is 2.31. The van der Waals surface area contributed by atoms with E-state index in [1.807, 2.05) is 25.1 Å². The molecule has 0 saturated heterocycles. The zero-order valence-corrected chi connectivity index (χ0v) is 10.4. The molecule has 1 heterocycles. The molecule has 0 saturated carbocycles. The third-order valence-electron chi connectivity index (χ3n) is 2.76. The lowest BCUT2D eigenvalue weighted by molar-refractivity contribution is -0.129. The Morgan fingerprint density at radius 2 is 2.18 bits per heavy atom. The Morgan fingerprint density at radius 3 is 2.82 bits per heavy atom. The molecule has 1 amide bonds. The molecule has 1 aliphatic heterocycles. The maximum absolute atomic E-state index is 11.7. The van der Waals surface area contributed by atoms with Crippen LogP contribution in [-0.2, 0) is 11.2 Å². The van der Waals surface area contributed by atoms with Crippen LogP contribution >= 0.6 is 0 Å². The minimum Gasteiger partial charge on any atom is -0.476 e. The molecule has 1 atom stereocenters. The third kappa shape index (κ3) is 2.42. The van der Waals surface area contributed by atoms with Gasteiger partial charge < -0.3 is 15.8 Å². The second-order valence-corrected chi connectivity index (χ2v) is 5.08. The van der Waals surface area contributed by atoms with E-state index in [2.05, 4.69) is 5.32 Å². The van der Waals surface area contributed by atoms with Crippen molar-refractivity contribution in [1.29, 1.82) is 0 Å². The molecule has 0 bridgehead atoms. The molecule has 4 nitrogen and oxygen atoms in total. The van der Waals surface area contributed by atoms with E-state index in [-0.39, 0.29) is 11.9 Å². The molecule has 17 heavy (non-hydrogen) atoms. The van der Waals surface area contributed by atoms with Crippen molar-refractivity contribution in [3.05, 3.63) is 23.8 Å². The second-order valence-electron chi connectivity index (χ2n) is 5.08. The van der Waals surface area contributed by atoms with Crippen molar-refractivity contribution >= 4 is 11.6 Å². The van der Waals surface area contributed by atoms with Crippen molar-refractivity contribution < 1.29 is 9.53 Å². The molecule has 0 fully saturated rings. The molecule has 1 aromatic carbocycles. The molecule has 1 unspecified atom stereocenters. The summed E-state index contributed by atoms with van der Waals surface area (Å²) in [7, 11) is 0. The van der Waals surface area contributed by atoms with E-state index in [0.717, 1.165) is 17.7 Å². The average Bonchev–Trinajstić information content (AvgIpc) is 2.18. The third-order valence-corrected chi connectivity index (χ3v) is 2.76. The first-order chi connectivity index (χ1) is 7.88. The van der Waals surface area contributed by atoms with Gasteiger partial charge in [-0.05, 0) is 44.9 Å². The van der Waals surface area contributed by atoms with E-state index in [1.165, 1.54) is 0 Å². The number of hydrogen-bond acceptors (Lipinski definition) is 3. The highest BCUT2D eigenvalue weighted by Gasteiger charge is 2.35. The van der Waals surface area contributed by atoms with Crippen molar-refractivity contribution in [3.63, 3.8) is 0 Å². The predicted octanol–water partition coefficient (Wildman–Crippen LogP) is 1.69. The number of ether oxygens (including phenoxy) is 1. The summed E-state index contributed by atoms with van der Waals surface area (Å²) in [4.78, 5) is 11.7. The van der Waals surface area contributed by atoms with Gasteiger partial charge in [0, 0.05) is 6.04 Å². The van der Waals surface area contributed by atoms with E-state index in [1.54, 1.807) is 13.8 Å². The summed E-state index contributed by atoms with van der Waals surface area (Å²) < 4.78 is 5.70. The van der Waals surface area contributed by atoms with Crippen LogP contribution in [-0.4, -0.2) is 17.6 Å². The lowest BCUT2D eigenvalue weighted by Crippen LogP contribution is -2.45. The van der Waals surface area contributed by atoms with Gasteiger partial charge in [-0.2, -0.15) is 0 Å². The molecular weight excluding hydrogens is 216 g/mol. The summed E-state index contributed by atoms with van der Waals surface area (Å²) in [6, 6.07) is 5.88. The number of rotatable bonds is 2. The van der Waals surface area contributed by atoms with Crippen LogP contribution in [0.2, 0.25) is 0 Å². The number of anilines is 1. The highest BCUT2D eigenvalue weighted by molar-refractivity contribution is 6.00. The molecule has 3 N–H and O–H groups in total. The number of hydrogen-bond donors (Lipinski definition) is 2. The van der Waals surface area contributed by atoms with E-state index >= 15 is 0 Å². The summed E-state index contributed by atoms with van der Waals surface area (Å²) in [5.41, 5.74) is 6.79. The number of carbonyl (C=O) groups excluding carboxylic acids is 1. The van der Waals surface area contributed by atoms with Crippen LogP contribution in [0.25, 0.3) is 0 Å². The Kier molecular flexibility index (Phi) is 2.83. The van der Waals surface area contributed by atoms with Gasteiger partial charge >= 0.3 is 0 Å². The van der Waals surface area contributed by atoms with Crippen LogP contribution in [0.1, 0.15) is 26.3 Å². The number of nitrogens with two attached hydrogens (primary N) is 1. The summed E-state index contributed by atoms with van der Waals surface area (Å²) in [5.74, 6) is 0.595. The molecule has 0 aliphatic carbocycles. The first-order valence-corrected chi connectivity index (χ1v) is 5.77. The molecule has 4 heteroatoms. The summed E-state index contributed by atoms with van der Waals surface area (Å²) in [6.07, 6.45) is 0.797. The van der Waals surface area contributed by atoms with Crippen LogP contribution in [0.4, 0.5) is 5.69 Å². The highest BCUT2D eigenvalue weighted by Crippen LogP contribution is 2.34. The fourth-order valence-electron chi connectivity index (χ4n) is 1.85. The Bertz CT molecular complexity index is 453. The summed E-state index contributed by atoms with van der Waals surface area (Å²) >= 11 is 0. The minimum atomic E-state index is -0.819. The molecular formula is C13H18N2O2. The van der Waals surface area contributed by atoms with Gasteiger partial charge in [0.05, 0.1) is 5.69 Å². The number of benzene rings is 1. The van der Waals surface area contributed by atoms with Crippen LogP contribution < -0.4 is 15.8 Å². The normalized spacial score (nSPS) is 18.9. The van der Waals surface area contributed by atoms with Crippen LogP contribution in [0.3, 0.4) is 0 Å². The lowest BCUT2D eigenvalue weighted by Gasteiger charge is -2.31. The maximum Gasteiger partial charge on any atom is 0.268 e. The molecule has 0 spiro atoms. The van der Waals surface area contributed by atoms with E-state index in [9.17, 15) is 4.79 Å². The van der Waals surface area contributed by atoms with Gasteiger partial charge in [0.15, 0.2) is 5.60 Å². The zero-order valence-electron chi connectivity index (χ0n) is 10.4. The van der Waals surface area contributed by atoms with Crippen molar-refractivity contribution in [2.24, 2.45) is 5.73 Å². The summed E-state index contributed by atoms with van der Waals surface area (Å²) in [5, 5.41) is 2.84. The van der Waals surface area contributed by atoms with E-state index < -0.39 is 5.60 Å². The molecule has 2 rings (SSSR count). The Hall–Kier alpha value is -1.55. The standard InChI is InChI=1S/C13H18N2O2/c1-8(14)6-9-4-5-10-11(7-9)17-13(2,3)12(16)15-10/h4-5,7-8H,6,14H2,1-3H3,(H,15,16). The Morgan fingerprint density at radius 1 is 1.47 bits per heavy atom. The van der Waals surface area contributed by atoms with Gasteiger partial charge in [-0.1, -0.05) is 6.07 Å². The Labute approximate surface area is 101 Å². The quantitative estimate of drug-likeness (QED) is 0.818. The molecule has 1 aromatic rings. The van der Waals surface area contributed by atoms with Crippen LogP contribution in [0.5, 0.6) is 5.75 Å². The first kappa shape index (κ1) is 11.9. The van der Waals surface area contributed by atoms with E-state index in [0.29, 0.717) is 5.75 Å². The molecule has 0 radical (unpaired) electrons. The predicted molar refractivity (Wildman–Crippen MR) is 67.1 cm³/mol. The van der Waals surface area contributed by atoms with Crippen molar-refractivity contribution in [1.82, 2.24) is 0 Å². The highest BCUT2D eigenvalue weighted by atomic mass is 16.5. The van der Waals surface area contributed by atoms with Gasteiger partial charge in [-0.25, -0.2) is 0 Å². The zero-order chi connectivity index (χ0) is 12.6. The van der Waals surface area contributed by atoms with Gasteiger partial charge in [0.2, 0.25) is 0 Å². The number of amides is 1. The van der Waals surface area contributed by atoms with Crippen LogP contribution in [0.15, 0.2) is 18.2 Å². The van der Waals surface area contributed by atoms with Crippen molar-refractivity contribution in [2.75, 3.05) is 5.32 Å². The van der Waals surface area contributed by atoms with Gasteiger partial charge in [0.25, 0.3) is 5.91 Å². The number of nitrogens with one attached hydrogen (secondary N) is 1. The minimum absolute atomic E-state index is 0.110. The van der Waals surface area contributed by atoms with Crippen molar-refractivity contribution in [3.8, 4) is 5.75 Å². The van der Waals surface area contributed by atoms with Gasteiger partial charge in [-0.15, -0.1) is 0 Å². The lowest BCUT2D eigenvalue weighted by atomic mass is 10.0. The number of carbonyl (C=O) groups is 1. The number of fused-ring (bicyclic) bond motifs is 1. The molecule has 1 aliphatic rings. The molecule has 0 aromatic heterocycles. The summed E-state index contributed by atoms with van der Waals surface area (Å²) in [6.45, 7) is 5.47. The van der Waals surface area contributed by atoms with Crippen molar-refractivity contribution in [2.45, 2.75) is 38.8 Å². The second kappa shape index (κ2) is 4.04.